The van der Waals surface area contributed by atoms with Crippen LogP contribution in [0.5, 0.6) is 23.3 Å². The molecule has 0 aliphatic rings. The zero-order valence-corrected chi connectivity index (χ0v) is 13.8. The Kier molecular flexibility index (Phi) is 4.76. The second-order valence-corrected chi connectivity index (χ2v) is 5.43. The monoisotopic (exact) mass is 357 g/mol. The summed E-state index contributed by atoms with van der Waals surface area (Å²) in [6, 6.07) is 13.5. The predicted molar refractivity (Wildman–Crippen MR) is 91.5 cm³/mol. The Morgan fingerprint density at radius 2 is 1.64 bits per heavy atom. The van der Waals surface area contributed by atoms with E-state index in [1.54, 1.807) is 55.5 Å². The average molecular weight is 358 g/mol. The van der Waals surface area contributed by atoms with Gasteiger partial charge in [-0.15, -0.1) is 0 Å². The lowest BCUT2D eigenvalue weighted by Crippen LogP contribution is -2.01. The van der Waals surface area contributed by atoms with Crippen LogP contribution in [0, 0.1) is 17.0 Å². The SMILES string of the molecule is Cc1cc(Oc2ncnc(Oc3ccccc3)c2[N+](=O)[O-])ccc1Cl. The van der Waals surface area contributed by atoms with Gasteiger partial charge in [-0.2, -0.15) is 9.97 Å². The number of aromatic nitrogens is 2. The Hall–Kier alpha value is -3.19. The summed E-state index contributed by atoms with van der Waals surface area (Å²) in [5.74, 6) is 0.367. The van der Waals surface area contributed by atoms with Gasteiger partial charge in [0, 0.05) is 5.02 Å². The molecule has 8 heteroatoms. The molecule has 0 radical (unpaired) electrons. The van der Waals surface area contributed by atoms with Crippen LogP contribution in [0.25, 0.3) is 0 Å². The highest BCUT2D eigenvalue weighted by molar-refractivity contribution is 6.31. The summed E-state index contributed by atoms with van der Waals surface area (Å²) in [4.78, 5) is 18.6. The van der Waals surface area contributed by atoms with E-state index >= 15 is 0 Å². The largest absolute Gasteiger partial charge is 0.433 e. The molecule has 7 nitrogen and oxygen atoms in total. The lowest BCUT2D eigenvalue weighted by Gasteiger charge is -2.09. The minimum absolute atomic E-state index is 0.202. The molecule has 0 fully saturated rings. The molecule has 0 N–H and O–H groups in total. The third kappa shape index (κ3) is 3.84. The number of benzene rings is 2. The lowest BCUT2D eigenvalue weighted by atomic mass is 10.2. The van der Waals surface area contributed by atoms with E-state index in [1.165, 1.54) is 0 Å². The molecule has 0 saturated heterocycles. The van der Waals surface area contributed by atoms with Gasteiger partial charge in [0.2, 0.25) is 0 Å². The quantitative estimate of drug-likeness (QED) is 0.475. The van der Waals surface area contributed by atoms with E-state index in [0.717, 1.165) is 11.9 Å². The first-order valence-electron chi connectivity index (χ1n) is 7.21. The first-order chi connectivity index (χ1) is 12.0. The van der Waals surface area contributed by atoms with E-state index in [1.807, 2.05) is 0 Å². The standard InChI is InChI=1S/C17H12ClN3O4/c1-11-9-13(7-8-14(11)18)25-17-15(21(22)23)16(19-10-20-17)24-12-5-3-2-4-6-12/h2-10H,1H3. The molecule has 1 heterocycles. The van der Waals surface area contributed by atoms with Crippen LogP contribution >= 0.6 is 11.6 Å². The highest BCUT2D eigenvalue weighted by atomic mass is 35.5. The van der Waals surface area contributed by atoms with E-state index < -0.39 is 10.6 Å². The van der Waals surface area contributed by atoms with Crippen molar-refractivity contribution in [3.63, 3.8) is 0 Å². The van der Waals surface area contributed by atoms with Gasteiger partial charge in [0.05, 0.1) is 4.92 Å². The van der Waals surface area contributed by atoms with Gasteiger partial charge in [0.15, 0.2) is 0 Å². The Morgan fingerprint density at radius 3 is 2.24 bits per heavy atom. The van der Waals surface area contributed by atoms with E-state index in [9.17, 15) is 10.1 Å². The minimum Gasteiger partial charge on any atom is -0.433 e. The van der Waals surface area contributed by atoms with Crippen LogP contribution in [-0.4, -0.2) is 14.9 Å². The number of para-hydroxylation sites is 1. The first kappa shape index (κ1) is 16.7. The lowest BCUT2D eigenvalue weighted by molar-refractivity contribution is -0.387. The molecule has 0 unspecified atom stereocenters. The molecule has 0 atom stereocenters. The van der Waals surface area contributed by atoms with Crippen LogP contribution in [0.3, 0.4) is 0 Å². The van der Waals surface area contributed by atoms with Gasteiger partial charge in [-0.1, -0.05) is 29.8 Å². The molecular formula is C17H12ClN3O4. The molecule has 0 saturated carbocycles. The van der Waals surface area contributed by atoms with Crippen molar-refractivity contribution in [3.8, 4) is 23.3 Å². The molecule has 2 aromatic carbocycles. The minimum atomic E-state index is -0.642. The van der Waals surface area contributed by atoms with Crippen molar-refractivity contribution in [1.29, 1.82) is 0 Å². The Balaban J connectivity index is 1.97. The number of nitro groups is 1. The topological polar surface area (TPSA) is 87.4 Å². The molecule has 3 rings (SSSR count). The van der Waals surface area contributed by atoms with Gasteiger partial charge in [-0.25, -0.2) is 0 Å². The number of hydrogen-bond acceptors (Lipinski definition) is 6. The van der Waals surface area contributed by atoms with Gasteiger partial charge >= 0.3 is 17.4 Å². The van der Waals surface area contributed by atoms with Crippen molar-refractivity contribution in [2.45, 2.75) is 6.92 Å². The molecule has 126 valence electrons. The normalized spacial score (nSPS) is 10.3. The molecule has 0 bridgehead atoms. The fourth-order valence-electron chi connectivity index (χ4n) is 2.05. The van der Waals surface area contributed by atoms with Crippen LogP contribution < -0.4 is 9.47 Å². The maximum atomic E-state index is 11.5. The second-order valence-electron chi connectivity index (χ2n) is 5.02. The molecule has 25 heavy (non-hydrogen) atoms. The Labute approximate surface area is 148 Å². The van der Waals surface area contributed by atoms with Gasteiger partial charge in [0.1, 0.15) is 17.8 Å². The fourth-order valence-corrected chi connectivity index (χ4v) is 2.16. The second kappa shape index (κ2) is 7.14. The highest BCUT2D eigenvalue weighted by Gasteiger charge is 2.27. The van der Waals surface area contributed by atoms with Crippen LogP contribution in [0.15, 0.2) is 54.9 Å². The van der Waals surface area contributed by atoms with Crippen molar-refractivity contribution in [1.82, 2.24) is 9.97 Å². The van der Waals surface area contributed by atoms with Gasteiger partial charge in [-0.3, -0.25) is 10.1 Å². The summed E-state index contributed by atoms with van der Waals surface area (Å²) in [6.45, 7) is 1.80. The fraction of sp³-hybridized carbons (Fsp3) is 0.0588. The summed E-state index contributed by atoms with van der Waals surface area (Å²) >= 11 is 5.97. The first-order valence-corrected chi connectivity index (χ1v) is 7.58. The Bertz CT molecular complexity index is 919. The van der Waals surface area contributed by atoms with Crippen molar-refractivity contribution in [3.05, 3.63) is 75.6 Å². The van der Waals surface area contributed by atoms with Gasteiger partial charge in [-0.05, 0) is 42.8 Å². The number of aryl methyl sites for hydroxylation is 1. The van der Waals surface area contributed by atoms with Crippen LogP contribution in [-0.2, 0) is 0 Å². The van der Waals surface area contributed by atoms with Crippen LogP contribution in [0.2, 0.25) is 5.02 Å². The molecule has 0 aliphatic carbocycles. The van der Waals surface area contributed by atoms with Crippen molar-refractivity contribution >= 4 is 17.3 Å². The molecular weight excluding hydrogens is 346 g/mol. The van der Waals surface area contributed by atoms with Crippen molar-refractivity contribution < 1.29 is 14.4 Å². The number of nitrogens with zero attached hydrogens (tertiary/aromatic N) is 3. The number of halogens is 1. The number of rotatable bonds is 5. The summed E-state index contributed by atoms with van der Waals surface area (Å²) in [5.41, 5.74) is 0.315. The zero-order valence-electron chi connectivity index (χ0n) is 13.0. The maximum Gasteiger partial charge on any atom is 0.393 e. The average Bonchev–Trinajstić information content (AvgIpc) is 2.59. The molecule has 0 spiro atoms. The summed E-state index contributed by atoms with van der Waals surface area (Å²) in [5, 5.41) is 12.1. The summed E-state index contributed by atoms with van der Waals surface area (Å²) in [6.07, 6.45) is 1.14. The molecule has 3 aromatic rings. The third-order valence-corrected chi connectivity index (χ3v) is 3.66. The zero-order chi connectivity index (χ0) is 17.8. The maximum absolute atomic E-state index is 11.5. The molecule has 0 aliphatic heterocycles. The highest BCUT2D eigenvalue weighted by Crippen LogP contribution is 2.37. The van der Waals surface area contributed by atoms with E-state index in [-0.39, 0.29) is 11.8 Å². The molecule has 0 amide bonds. The summed E-state index contributed by atoms with van der Waals surface area (Å²) in [7, 11) is 0. The smallest absolute Gasteiger partial charge is 0.393 e. The van der Waals surface area contributed by atoms with Crippen molar-refractivity contribution in [2.24, 2.45) is 0 Å². The predicted octanol–water partition coefficient (Wildman–Crippen LogP) is 4.93. The van der Waals surface area contributed by atoms with Crippen LogP contribution in [0.1, 0.15) is 5.56 Å². The summed E-state index contributed by atoms with van der Waals surface area (Å²) < 4.78 is 11.1. The number of ether oxygens (including phenoxy) is 2. The van der Waals surface area contributed by atoms with E-state index in [0.29, 0.717) is 16.5 Å². The van der Waals surface area contributed by atoms with E-state index in [2.05, 4.69) is 9.97 Å². The Morgan fingerprint density at radius 1 is 1.00 bits per heavy atom. The molecule has 1 aromatic heterocycles. The third-order valence-electron chi connectivity index (χ3n) is 3.24. The van der Waals surface area contributed by atoms with Crippen molar-refractivity contribution in [2.75, 3.05) is 0 Å². The van der Waals surface area contributed by atoms with Gasteiger partial charge < -0.3 is 9.47 Å². The van der Waals surface area contributed by atoms with Gasteiger partial charge in [0.25, 0.3) is 0 Å². The van der Waals surface area contributed by atoms with E-state index in [4.69, 9.17) is 21.1 Å². The number of hydrogen-bond donors (Lipinski definition) is 0. The van der Waals surface area contributed by atoms with Crippen LogP contribution in [0.4, 0.5) is 5.69 Å².